The van der Waals surface area contributed by atoms with E-state index in [1.54, 1.807) is 0 Å². The van der Waals surface area contributed by atoms with Crippen LogP contribution < -0.4 is 5.32 Å². The minimum absolute atomic E-state index is 0.0677. The summed E-state index contributed by atoms with van der Waals surface area (Å²) in [4.78, 5) is 16.0. The highest BCUT2D eigenvalue weighted by Gasteiger charge is 2.24. The van der Waals surface area contributed by atoms with E-state index >= 15 is 0 Å². The van der Waals surface area contributed by atoms with Crippen molar-refractivity contribution in [1.29, 1.82) is 0 Å². The Labute approximate surface area is 109 Å². The molecule has 2 N–H and O–H groups in total. The van der Waals surface area contributed by atoms with Crippen LogP contribution in [-0.4, -0.2) is 27.6 Å². The number of hydrogen-bond acceptors (Lipinski definition) is 3. The fourth-order valence-corrected chi connectivity index (χ4v) is 1.34. The lowest BCUT2D eigenvalue weighted by molar-refractivity contribution is 0.0914. The van der Waals surface area contributed by atoms with Crippen molar-refractivity contribution in [3.8, 4) is 0 Å². The second kappa shape index (κ2) is 5.98. The van der Waals surface area contributed by atoms with E-state index in [2.05, 4.69) is 55.1 Å². The van der Waals surface area contributed by atoms with E-state index in [-0.39, 0.29) is 17.1 Å². The highest BCUT2D eigenvalue weighted by molar-refractivity contribution is 5.90. The monoisotopic (exact) mass is 252 g/mol. The van der Waals surface area contributed by atoms with Gasteiger partial charge >= 0.3 is 0 Å². The smallest absolute Gasteiger partial charge is 0.290 e. The van der Waals surface area contributed by atoms with E-state index < -0.39 is 0 Å². The average Bonchev–Trinajstić information content (AvgIpc) is 2.75. The van der Waals surface area contributed by atoms with E-state index in [9.17, 15) is 4.79 Å². The minimum Gasteiger partial charge on any atom is -0.349 e. The first-order valence-corrected chi connectivity index (χ1v) is 6.56. The number of nitrogens with one attached hydrogen (secondary N) is 2. The molecule has 102 valence electrons. The summed E-state index contributed by atoms with van der Waals surface area (Å²) in [6.07, 6.45) is 1.80. The number of amides is 1. The number of carbonyl (C=O) groups is 1. The molecular weight excluding hydrogens is 228 g/mol. The molecule has 0 fully saturated rings. The van der Waals surface area contributed by atoms with Crippen molar-refractivity contribution in [2.45, 2.75) is 47.5 Å². The molecule has 0 unspecified atom stereocenters. The molecule has 18 heavy (non-hydrogen) atoms. The zero-order chi connectivity index (χ0) is 13.8. The molecule has 0 aliphatic rings. The highest BCUT2D eigenvalue weighted by Crippen LogP contribution is 2.24. The van der Waals surface area contributed by atoms with Crippen LogP contribution in [0.4, 0.5) is 0 Å². The van der Waals surface area contributed by atoms with Crippen LogP contribution in [0.15, 0.2) is 0 Å². The lowest BCUT2D eigenvalue weighted by atomic mass is 9.81. The van der Waals surface area contributed by atoms with Crippen molar-refractivity contribution in [3.63, 3.8) is 0 Å². The van der Waals surface area contributed by atoms with Gasteiger partial charge in [0.25, 0.3) is 5.91 Å². The quantitative estimate of drug-likeness (QED) is 0.815. The zero-order valence-electron chi connectivity index (χ0n) is 12.0. The molecule has 0 saturated heterocycles. The Bertz CT molecular complexity index is 395. The van der Waals surface area contributed by atoms with Crippen molar-refractivity contribution >= 4 is 5.91 Å². The number of rotatable bonds is 6. The van der Waals surface area contributed by atoms with Gasteiger partial charge in [-0.3, -0.25) is 9.89 Å². The summed E-state index contributed by atoms with van der Waals surface area (Å²) in [6, 6.07) is 0. The average molecular weight is 252 g/mol. The standard InChI is InChI=1S/C13H24N4O/c1-6-7-10-15-11(17-16-10)12(18)14-8-13(4,5)9(2)3/h9H,6-8H2,1-5H3,(H,14,18)(H,15,16,17). The van der Waals surface area contributed by atoms with E-state index in [0.717, 1.165) is 18.7 Å². The molecule has 5 heteroatoms. The zero-order valence-corrected chi connectivity index (χ0v) is 12.0. The van der Waals surface area contributed by atoms with E-state index in [1.165, 1.54) is 0 Å². The molecule has 0 spiro atoms. The molecule has 1 aromatic rings. The topological polar surface area (TPSA) is 70.7 Å². The molecular formula is C13H24N4O. The van der Waals surface area contributed by atoms with Crippen LogP contribution in [0.3, 0.4) is 0 Å². The summed E-state index contributed by atoms with van der Waals surface area (Å²) >= 11 is 0. The van der Waals surface area contributed by atoms with Crippen LogP contribution >= 0.6 is 0 Å². The van der Waals surface area contributed by atoms with Crippen LogP contribution in [0, 0.1) is 11.3 Å². The third kappa shape index (κ3) is 3.82. The van der Waals surface area contributed by atoms with Crippen molar-refractivity contribution in [2.24, 2.45) is 11.3 Å². The van der Waals surface area contributed by atoms with Crippen LogP contribution in [-0.2, 0) is 6.42 Å². The van der Waals surface area contributed by atoms with Gasteiger partial charge in [-0.15, -0.1) is 5.10 Å². The van der Waals surface area contributed by atoms with Gasteiger partial charge in [-0.2, -0.15) is 0 Å². The first kappa shape index (κ1) is 14.7. The summed E-state index contributed by atoms with van der Waals surface area (Å²) in [5.74, 6) is 1.30. The van der Waals surface area contributed by atoms with Crippen molar-refractivity contribution in [3.05, 3.63) is 11.6 Å². The number of nitrogens with zero attached hydrogens (tertiary/aromatic N) is 2. The Kier molecular flexibility index (Phi) is 4.87. The van der Waals surface area contributed by atoms with E-state index in [4.69, 9.17) is 0 Å². The fourth-order valence-electron chi connectivity index (χ4n) is 1.34. The maximum absolute atomic E-state index is 11.9. The Morgan fingerprint density at radius 3 is 2.67 bits per heavy atom. The summed E-state index contributed by atoms with van der Waals surface area (Å²) in [6.45, 7) is 11.3. The SMILES string of the molecule is CCCc1nc(C(=O)NCC(C)(C)C(C)C)n[nH]1. The molecule has 0 atom stereocenters. The summed E-state index contributed by atoms with van der Waals surface area (Å²) in [7, 11) is 0. The Morgan fingerprint density at radius 1 is 1.44 bits per heavy atom. The van der Waals surface area contributed by atoms with Crippen LogP contribution in [0.5, 0.6) is 0 Å². The predicted octanol–water partition coefficient (Wildman–Crippen LogP) is 2.17. The summed E-state index contributed by atoms with van der Waals surface area (Å²) < 4.78 is 0. The fraction of sp³-hybridized carbons (Fsp3) is 0.769. The molecule has 1 amide bonds. The van der Waals surface area contributed by atoms with Crippen molar-refractivity contribution < 1.29 is 4.79 Å². The third-order valence-corrected chi connectivity index (χ3v) is 3.49. The van der Waals surface area contributed by atoms with Gasteiger partial charge in [-0.05, 0) is 17.8 Å². The molecule has 0 aliphatic heterocycles. The maximum atomic E-state index is 11.9. The molecule has 0 saturated carbocycles. The normalized spacial score (nSPS) is 11.9. The van der Waals surface area contributed by atoms with Crippen LogP contribution in [0.1, 0.15) is 57.5 Å². The van der Waals surface area contributed by atoms with Gasteiger partial charge < -0.3 is 5.32 Å². The van der Waals surface area contributed by atoms with Crippen molar-refractivity contribution in [1.82, 2.24) is 20.5 Å². The van der Waals surface area contributed by atoms with Crippen molar-refractivity contribution in [2.75, 3.05) is 6.54 Å². The Balaban J connectivity index is 2.55. The molecule has 1 heterocycles. The number of carbonyl (C=O) groups excluding carboxylic acids is 1. The van der Waals surface area contributed by atoms with Gasteiger partial charge in [-0.25, -0.2) is 4.98 Å². The second-order valence-electron chi connectivity index (χ2n) is 5.68. The number of hydrogen-bond donors (Lipinski definition) is 2. The van der Waals surface area contributed by atoms with Gasteiger partial charge in [-0.1, -0.05) is 34.6 Å². The van der Waals surface area contributed by atoms with Crippen LogP contribution in [0.25, 0.3) is 0 Å². The van der Waals surface area contributed by atoms with Gasteiger partial charge in [0.1, 0.15) is 5.82 Å². The number of H-pyrrole nitrogens is 1. The van der Waals surface area contributed by atoms with Gasteiger partial charge in [0.2, 0.25) is 5.82 Å². The number of aromatic nitrogens is 3. The van der Waals surface area contributed by atoms with Gasteiger partial charge in [0.05, 0.1) is 0 Å². The summed E-state index contributed by atoms with van der Waals surface area (Å²) in [5, 5.41) is 9.61. The maximum Gasteiger partial charge on any atom is 0.290 e. The largest absolute Gasteiger partial charge is 0.349 e. The van der Waals surface area contributed by atoms with Gasteiger partial charge in [0.15, 0.2) is 0 Å². The lowest BCUT2D eigenvalue weighted by Gasteiger charge is -2.29. The lowest BCUT2D eigenvalue weighted by Crippen LogP contribution is -2.37. The predicted molar refractivity (Wildman–Crippen MR) is 71.3 cm³/mol. The molecule has 0 radical (unpaired) electrons. The second-order valence-corrected chi connectivity index (χ2v) is 5.68. The summed E-state index contributed by atoms with van der Waals surface area (Å²) in [5.41, 5.74) is 0.0677. The molecule has 0 aromatic carbocycles. The van der Waals surface area contributed by atoms with Crippen LogP contribution in [0.2, 0.25) is 0 Å². The highest BCUT2D eigenvalue weighted by atomic mass is 16.2. The van der Waals surface area contributed by atoms with E-state index in [0.29, 0.717) is 12.5 Å². The Hall–Kier alpha value is -1.39. The molecule has 0 bridgehead atoms. The number of aryl methyl sites for hydroxylation is 1. The molecule has 1 rings (SSSR count). The first-order chi connectivity index (χ1) is 8.36. The Morgan fingerprint density at radius 2 is 2.11 bits per heavy atom. The molecule has 5 nitrogen and oxygen atoms in total. The minimum atomic E-state index is -0.206. The van der Waals surface area contributed by atoms with E-state index in [1.807, 2.05) is 0 Å². The first-order valence-electron chi connectivity index (χ1n) is 6.56. The number of aromatic amines is 1. The van der Waals surface area contributed by atoms with Gasteiger partial charge in [0, 0.05) is 13.0 Å². The third-order valence-electron chi connectivity index (χ3n) is 3.49. The molecule has 0 aliphatic carbocycles. The molecule has 1 aromatic heterocycles.